The van der Waals surface area contributed by atoms with Crippen molar-refractivity contribution in [3.05, 3.63) is 52.5 Å². The largest absolute Gasteiger partial charge is 0.475 e. The molecule has 1 atom stereocenters. The average Bonchev–Trinajstić information content (AvgIpc) is 2.38. The molecule has 1 aromatic rings. The fourth-order valence-corrected chi connectivity index (χ4v) is 1.19. The van der Waals surface area contributed by atoms with Gasteiger partial charge in [0.15, 0.2) is 17.7 Å². The highest BCUT2D eigenvalue weighted by Crippen LogP contribution is 2.24. The van der Waals surface area contributed by atoms with E-state index in [0.29, 0.717) is 5.56 Å². The minimum Gasteiger partial charge on any atom is -0.475 e. The fourth-order valence-electron chi connectivity index (χ4n) is 1.19. The molecule has 1 aromatic carbocycles. The fraction of sp³-hybridized carbons (Fsp3) is 0.167. The van der Waals surface area contributed by atoms with Gasteiger partial charge in [0.25, 0.3) is 0 Å². The molecule has 0 fully saturated rings. The predicted molar refractivity (Wildman–Crippen MR) is 60.9 cm³/mol. The molecule has 0 aliphatic rings. The summed E-state index contributed by atoms with van der Waals surface area (Å²) in [6.45, 7) is -0.188. The molecule has 1 unspecified atom stereocenters. The molecule has 1 rings (SSSR count). The van der Waals surface area contributed by atoms with E-state index in [9.17, 15) is 10.2 Å². The number of hydrogen-bond acceptors (Lipinski definition) is 4. The van der Waals surface area contributed by atoms with Crippen LogP contribution in [0.15, 0.2) is 42.0 Å². The molecule has 0 saturated heterocycles. The van der Waals surface area contributed by atoms with Gasteiger partial charge in [0.05, 0.1) is 0 Å². The second-order valence-electron chi connectivity index (χ2n) is 3.10. The summed E-state index contributed by atoms with van der Waals surface area (Å²) in [5, 5.41) is 28.0. The number of ether oxygens (including phenoxy) is 1. The van der Waals surface area contributed by atoms with E-state index in [4.69, 9.17) is 11.8 Å². The van der Waals surface area contributed by atoms with Crippen LogP contribution in [0, 0.1) is 17.7 Å². The lowest BCUT2D eigenvalue weighted by Crippen LogP contribution is -2.04. The van der Waals surface area contributed by atoms with Crippen molar-refractivity contribution >= 4 is 0 Å². The summed E-state index contributed by atoms with van der Waals surface area (Å²) in [6, 6.07) is 8.40. The van der Waals surface area contributed by atoms with Gasteiger partial charge in [0, 0.05) is 0 Å². The van der Waals surface area contributed by atoms with Gasteiger partial charge in [-0.3, -0.25) is 0 Å². The van der Waals surface area contributed by atoms with E-state index >= 15 is 0 Å². The second kappa shape index (κ2) is 6.16. The first-order chi connectivity index (χ1) is 8.20. The van der Waals surface area contributed by atoms with Gasteiger partial charge >= 0.3 is 11.6 Å². The second-order valence-corrected chi connectivity index (χ2v) is 3.10. The number of aliphatic hydroxyl groups is 2. The minimum atomic E-state index is -1.29. The van der Waals surface area contributed by atoms with E-state index in [1.54, 1.807) is 30.3 Å². The van der Waals surface area contributed by atoms with Crippen molar-refractivity contribution in [2.45, 2.75) is 6.10 Å². The highest BCUT2D eigenvalue weighted by Gasteiger charge is 2.32. The molecule has 0 aliphatic carbocycles. The van der Waals surface area contributed by atoms with Gasteiger partial charge in [-0.05, 0) is 5.56 Å². The van der Waals surface area contributed by atoms with Crippen molar-refractivity contribution in [3.8, 4) is 12.3 Å². The van der Waals surface area contributed by atoms with E-state index in [1.165, 1.54) is 0 Å². The Morgan fingerprint density at radius 3 is 2.65 bits per heavy atom. The van der Waals surface area contributed by atoms with Crippen molar-refractivity contribution in [2.75, 3.05) is 6.61 Å². The normalized spacial score (nSPS) is 12.9. The molecule has 0 amide bonds. The van der Waals surface area contributed by atoms with Gasteiger partial charge in [0.2, 0.25) is 5.39 Å². The van der Waals surface area contributed by atoms with Crippen LogP contribution >= 0.6 is 0 Å². The van der Waals surface area contributed by atoms with Crippen LogP contribution in [0.3, 0.4) is 0 Å². The quantitative estimate of drug-likeness (QED) is 0.471. The maximum Gasteiger partial charge on any atom is 0.472 e. The molecular formula is C12H11N2O3+. The highest BCUT2D eigenvalue weighted by molar-refractivity contribution is 5.28. The molecular weight excluding hydrogens is 220 g/mol. The van der Waals surface area contributed by atoms with Gasteiger partial charge in [-0.1, -0.05) is 36.3 Å². The Bertz CT molecular complexity index is 483. The summed E-state index contributed by atoms with van der Waals surface area (Å²) >= 11 is 0. The third kappa shape index (κ3) is 3.23. The smallest absolute Gasteiger partial charge is 0.472 e. The number of nitrogens with zero attached hydrogens (tertiary/aromatic N) is 2. The van der Waals surface area contributed by atoms with E-state index in [1.807, 2.05) is 0 Å². The Morgan fingerprint density at radius 2 is 2.12 bits per heavy atom. The maximum atomic E-state index is 9.85. The molecule has 17 heavy (non-hydrogen) atoms. The lowest BCUT2D eigenvalue weighted by molar-refractivity contribution is 0.0986. The van der Waals surface area contributed by atoms with Crippen LogP contribution in [-0.4, -0.2) is 16.8 Å². The topological polar surface area (TPSA) is 77.8 Å². The SMILES string of the molecule is C#CCO/C(O)=C(\[N+]#N)C(O)c1ccccc1. The van der Waals surface area contributed by atoms with Crippen LogP contribution in [0.4, 0.5) is 0 Å². The first-order valence-corrected chi connectivity index (χ1v) is 4.78. The van der Waals surface area contributed by atoms with Crippen molar-refractivity contribution in [2.24, 2.45) is 0 Å². The lowest BCUT2D eigenvalue weighted by atomic mass is 10.1. The molecule has 5 nitrogen and oxygen atoms in total. The number of benzene rings is 1. The van der Waals surface area contributed by atoms with Crippen LogP contribution in [0.5, 0.6) is 0 Å². The third-order valence-electron chi connectivity index (χ3n) is 1.99. The number of aliphatic hydroxyl groups excluding tert-OH is 2. The van der Waals surface area contributed by atoms with Gasteiger partial charge in [-0.15, -0.1) is 6.42 Å². The molecule has 0 bridgehead atoms. The predicted octanol–water partition coefficient (Wildman–Crippen LogP) is 1.95. The van der Waals surface area contributed by atoms with Crippen molar-refractivity contribution < 1.29 is 14.9 Å². The van der Waals surface area contributed by atoms with E-state index in [2.05, 4.69) is 15.6 Å². The van der Waals surface area contributed by atoms with Crippen LogP contribution in [0.1, 0.15) is 11.7 Å². The van der Waals surface area contributed by atoms with Crippen LogP contribution in [-0.2, 0) is 4.74 Å². The van der Waals surface area contributed by atoms with Crippen molar-refractivity contribution in [1.82, 2.24) is 0 Å². The number of terminal acetylenes is 1. The van der Waals surface area contributed by atoms with E-state index < -0.39 is 17.7 Å². The van der Waals surface area contributed by atoms with Crippen LogP contribution < -0.4 is 0 Å². The highest BCUT2D eigenvalue weighted by atomic mass is 16.6. The zero-order valence-electron chi connectivity index (χ0n) is 8.95. The molecule has 5 heteroatoms. The van der Waals surface area contributed by atoms with E-state index in [0.717, 1.165) is 0 Å². The van der Waals surface area contributed by atoms with Gasteiger partial charge in [0.1, 0.15) is 0 Å². The molecule has 0 radical (unpaired) electrons. The molecule has 2 N–H and O–H groups in total. The Labute approximate surface area is 98.6 Å². The third-order valence-corrected chi connectivity index (χ3v) is 1.99. The zero-order chi connectivity index (χ0) is 12.7. The molecule has 0 aromatic heterocycles. The summed E-state index contributed by atoms with van der Waals surface area (Å²) < 4.78 is 4.67. The Kier molecular flexibility index (Phi) is 4.56. The number of diazo groups is 1. The van der Waals surface area contributed by atoms with E-state index in [-0.39, 0.29) is 6.61 Å². The Hall–Kier alpha value is -2.50. The summed E-state index contributed by atoms with van der Waals surface area (Å²) in [5.74, 6) is 1.43. The molecule has 0 saturated carbocycles. The standard InChI is InChI=1S/C12H10N2O3/c1-2-8-17-12(16)10(14-13)11(15)9-6-4-3-5-7-9/h1,3-7,11,15H,8H2/p+1/b12-10-. The molecule has 0 heterocycles. The first kappa shape index (κ1) is 12.6. The maximum absolute atomic E-state index is 9.85. The monoisotopic (exact) mass is 231 g/mol. The van der Waals surface area contributed by atoms with Gasteiger partial charge in [-0.2, -0.15) is 0 Å². The molecule has 86 valence electrons. The minimum absolute atomic E-state index is 0.188. The summed E-state index contributed by atoms with van der Waals surface area (Å²) in [7, 11) is 0. The van der Waals surface area contributed by atoms with Crippen molar-refractivity contribution in [3.63, 3.8) is 0 Å². The van der Waals surface area contributed by atoms with Gasteiger partial charge in [-0.25, -0.2) is 0 Å². The first-order valence-electron chi connectivity index (χ1n) is 4.78. The average molecular weight is 231 g/mol. The lowest BCUT2D eigenvalue weighted by Gasteiger charge is -2.04. The summed E-state index contributed by atoms with van der Waals surface area (Å²) in [6.07, 6.45) is 3.65. The number of hydrogen-bond donors (Lipinski definition) is 2. The van der Waals surface area contributed by atoms with Crippen molar-refractivity contribution in [1.29, 1.82) is 5.39 Å². The molecule has 0 aliphatic heterocycles. The Morgan fingerprint density at radius 1 is 1.47 bits per heavy atom. The van der Waals surface area contributed by atoms with Gasteiger partial charge < -0.3 is 14.9 Å². The van der Waals surface area contributed by atoms with Crippen LogP contribution in [0.25, 0.3) is 4.98 Å². The summed E-state index contributed by atoms with van der Waals surface area (Å²) in [5.41, 5.74) is 0.0580. The summed E-state index contributed by atoms with van der Waals surface area (Å²) in [4.78, 5) is 2.80. The molecule has 0 spiro atoms. The Balaban J connectivity index is 2.97. The zero-order valence-corrected chi connectivity index (χ0v) is 8.95. The number of rotatable bonds is 4. The van der Waals surface area contributed by atoms with Crippen LogP contribution in [0.2, 0.25) is 0 Å².